The van der Waals surface area contributed by atoms with E-state index in [2.05, 4.69) is 15.4 Å². The predicted octanol–water partition coefficient (Wildman–Crippen LogP) is 3.03. The number of nitrogens with zero attached hydrogens (tertiary/aromatic N) is 5. The van der Waals surface area contributed by atoms with Gasteiger partial charge >= 0.3 is 0 Å². The number of phenolic OH excluding ortho intramolecular Hbond substituents is 1. The highest BCUT2D eigenvalue weighted by Gasteiger charge is 2.23. The molecule has 1 aliphatic heterocycles. The van der Waals surface area contributed by atoms with Crippen molar-refractivity contribution >= 4 is 5.91 Å². The summed E-state index contributed by atoms with van der Waals surface area (Å²) < 4.78 is 5.73. The van der Waals surface area contributed by atoms with Gasteiger partial charge in [-0.3, -0.25) is 4.79 Å². The van der Waals surface area contributed by atoms with E-state index in [4.69, 9.17) is 4.74 Å². The summed E-state index contributed by atoms with van der Waals surface area (Å²) in [6.45, 7) is 2.15. The first kappa shape index (κ1) is 21.0. The SMILES string of the molecule is O=C(CCCn1nnc(-c2ccccc2)n1)N(Cc1ccccc1O)CC1CCCO1. The topological polar surface area (TPSA) is 93.4 Å². The fraction of sp³-hybridized carbons (Fsp3) is 0.391. The summed E-state index contributed by atoms with van der Waals surface area (Å²) in [7, 11) is 0. The Morgan fingerprint density at radius 3 is 2.74 bits per heavy atom. The zero-order chi connectivity index (χ0) is 21.5. The van der Waals surface area contributed by atoms with Crippen LogP contribution in [0.5, 0.6) is 5.75 Å². The molecule has 0 spiro atoms. The van der Waals surface area contributed by atoms with E-state index in [-0.39, 0.29) is 17.8 Å². The summed E-state index contributed by atoms with van der Waals surface area (Å²) in [5, 5.41) is 22.7. The summed E-state index contributed by atoms with van der Waals surface area (Å²) in [6, 6.07) is 16.8. The van der Waals surface area contributed by atoms with Crippen LogP contribution in [0.2, 0.25) is 0 Å². The van der Waals surface area contributed by atoms with E-state index in [1.807, 2.05) is 42.5 Å². The molecule has 1 atom stereocenters. The van der Waals surface area contributed by atoms with Crippen molar-refractivity contribution in [2.75, 3.05) is 13.2 Å². The molecule has 4 rings (SSSR count). The van der Waals surface area contributed by atoms with Gasteiger partial charge in [0.1, 0.15) is 5.75 Å². The van der Waals surface area contributed by atoms with Gasteiger partial charge in [-0.1, -0.05) is 48.5 Å². The largest absolute Gasteiger partial charge is 0.508 e. The van der Waals surface area contributed by atoms with Crippen molar-refractivity contribution in [2.24, 2.45) is 0 Å². The number of rotatable bonds is 9. The van der Waals surface area contributed by atoms with E-state index in [1.54, 1.807) is 17.0 Å². The summed E-state index contributed by atoms with van der Waals surface area (Å²) in [5.41, 5.74) is 1.65. The highest BCUT2D eigenvalue weighted by Crippen LogP contribution is 2.21. The fourth-order valence-electron chi connectivity index (χ4n) is 3.71. The number of aromatic nitrogens is 4. The molecule has 1 fully saturated rings. The zero-order valence-corrected chi connectivity index (χ0v) is 17.4. The summed E-state index contributed by atoms with van der Waals surface area (Å²) in [5.74, 6) is 0.807. The predicted molar refractivity (Wildman–Crippen MR) is 115 cm³/mol. The second kappa shape index (κ2) is 10.2. The van der Waals surface area contributed by atoms with Crippen LogP contribution in [0.15, 0.2) is 54.6 Å². The van der Waals surface area contributed by atoms with Gasteiger partial charge in [-0.2, -0.15) is 4.80 Å². The van der Waals surface area contributed by atoms with Gasteiger partial charge < -0.3 is 14.7 Å². The first-order chi connectivity index (χ1) is 15.2. The maximum absolute atomic E-state index is 13.0. The van der Waals surface area contributed by atoms with Gasteiger partial charge in [0.25, 0.3) is 0 Å². The van der Waals surface area contributed by atoms with E-state index in [9.17, 15) is 9.90 Å². The minimum Gasteiger partial charge on any atom is -0.508 e. The molecule has 2 aromatic carbocycles. The molecule has 3 aromatic rings. The van der Waals surface area contributed by atoms with Crippen molar-refractivity contribution in [3.63, 3.8) is 0 Å². The van der Waals surface area contributed by atoms with Crippen LogP contribution in [0.4, 0.5) is 0 Å². The molecule has 8 nitrogen and oxygen atoms in total. The standard InChI is InChI=1S/C23H27N5O3/c29-21-12-5-4-10-19(21)16-27(17-20-11-7-15-31-20)22(30)13-6-14-28-25-23(24-26-28)18-8-2-1-3-9-18/h1-5,8-10,12,20,29H,6-7,11,13-17H2. The Balaban J connectivity index is 1.34. The molecule has 0 bridgehead atoms. The van der Waals surface area contributed by atoms with Gasteiger partial charge in [0, 0.05) is 37.2 Å². The Morgan fingerprint density at radius 1 is 1.16 bits per heavy atom. The molecule has 0 aliphatic carbocycles. The van der Waals surface area contributed by atoms with Crippen LogP contribution in [0.3, 0.4) is 0 Å². The third kappa shape index (κ3) is 5.67. The van der Waals surface area contributed by atoms with Crippen LogP contribution in [0.1, 0.15) is 31.2 Å². The van der Waals surface area contributed by atoms with Crippen LogP contribution in [0, 0.1) is 0 Å². The molecule has 1 aromatic heterocycles. The Bertz CT molecular complexity index is 986. The van der Waals surface area contributed by atoms with Crippen molar-refractivity contribution < 1.29 is 14.6 Å². The van der Waals surface area contributed by atoms with Crippen molar-refractivity contribution in [3.05, 3.63) is 60.2 Å². The minimum atomic E-state index is 0.0298. The first-order valence-electron chi connectivity index (χ1n) is 10.7. The molecule has 0 saturated carbocycles. The third-order valence-corrected chi connectivity index (χ3v) is 5.39. The quantitative estimate of drug-likeness (QED) is 0.571. The lowest BCUT2D eigenvalue weighted by molar-refractivity contribution is -0.133. The van der Waals surface area contributed by atoms with E-state index in [0.29, 0.717) is 38.3 Å². The van der Waals surface area contributed by atoms with E-state index in [1.165, 1.54) is 4.80 Å². The van der Waals surface area contributed by atoms with Crippen molar-refractivity contribution in [1.29, 1.82) is 0 Å². The Kier molecular flexibility index (Phi) is 6.89. The molecule has 1 saturated heterocycles. The van der Waals surface area contributed by atoms with Crippen LogP contribution >= 0.6 is 0 Å². The lowest BCUT2D eigenvalue weighted by Crippen LogP contribution is -2.37. The number of benzene rings is 2. The highest BCUT2D eigenvalue weighted by atomic mass is 16.5. The smallest absolute Gasteiger partial charge is 0.223 e. The highest BCUT2D eigenvalue weighted by molar-refractivity contribution is 5.76. The molecule has 1 N–H and O–H groups in total. The number of amides is 1. The fourth-order valence-corrected chi connectivity index (χ4v) is 3.71. The van der Waals surface area contributed by atoms with Crippen molar-refractivity contribution in [1.82, 2.24) is 25.1 Å². The van der Waals surface area contributed by atoms with Gasteiger partial charge in [-0.05, 0) is 30.5 Å². The molecule has 31 heavy (non-hydrogen) atoms. The second-order valence-electron chi connectivity index (χ2n) is 7.72. The van der Waals surface area contributed by atoms with E-state index < -0.39 is 0 Å². The molecule has 1 aliphatic rings. The molecule has 8 heteroatoms. The van der Waals surface area contributed by atoms with Gasteiger partial charge in [0.15, 0.2) is 0 Å². The van der Waals surface area contributed by atoms with Crippen LogP contribution in [-0.4, -0.2) is 55.4 Å². The Hall–Kier alpha value is -3.26. The number of carbonyl (C=O) groups excluding carboxylic acids is 1. The summed E-state index contributed by atoms with van der Waals surface area (Å²) in [4.78, 5) is 16.3. The molecule has 0 radical (unpaired) electrons. The van der Waals surface area contributed by atoms with Gasteiger partial charge in [0.2, 0.25) is 11.7 Å². The van der Waals surface area contributed by atoms with E-state index >= 15 is 0 Å². The van der Waals surface area contributed by atoms with Gasteiger partial charge in [0.05, 0.1) is 12.6 Å². The van der Waals surface area contributed by atoms with Crippen LogP contribution < -0.4 is 0 Å². The number of hydrogen-bond acceptors (Lipinski definition) is 6. The average molecular weight is 422 g/mol. The third-order valence-electron chi connectivity index (χ3n) is 5.39. The number of carbonyl (C=O) groups is 1. The van der Waals surface area contributed by atoms with Crippen molar-refractivity contribution in [2.45, 2.75) is 44.9 Å². The summed E-state index contributed by atoms with van der Waals surface area (Å²) in [6.07, 6.45) is 3.00. The van der Waals surface area contributed by atoms with Crippen LogP contribution in [-0.2, 0) is 22.6 Å². The van der Waals surface area contributed by atoms with E-state index in [0.717, 1.165) is 30.6 Å². The maximum atomic E-state index is 13.0. The molecule has 2 heterocycles. The maximum Gasteiger partial charge on any atom is 0.223 e. The second-order valence-corrected chi connectivity index (χ2v) is 7.72. The number of tetrazole rings is 1. The van der Waals surface area contributed by atoms with Gasteiger partial charge in [-0.25, -0.2) is 0 Å². The van der Waals surface area contributed by atoms with Crippen molar-refractivity contribution in [3.8, 4) is 17.1 Å². The lowest BCUT2D eigenvalue weighted by atomic mass is 10.1. The molecular formula is C23H27N5O3. The van der Waals surface area contributed by atoms with Gasteiger partial charge in [-0.15, -0.1) is 10.2 Å². The monoisotopic (exact) mass is 421 g/mol. The van der Waals surface area contributed by atoms with Crippen LogP contribution in [0.25, 0.3) is 11.4 Å². The molecule has 1 unspecified atom stereocenters. The summed E-state index contributed by atoms with van der Waals surface area (Å²) >= 11 is 0. The Labute approximate surface area is 181 Å². The normalized spacial score (nSPS) is 15.8. The average Bonchev–Trinajstić information content (AvgIpc) is 3.48. The number of phenols is 1. The number of hydrogen-bond donors (Lipinski definition) is 1. The molecule has 162 valence electrons. The number of aromatic hydroxyl groups is 1. The minimum absolute atomic E-state index is 0.0298. The number of aryl methyl sites for hydroxylation is 1. The number of para-hydroxylation sites is 1. The molecular weight excluding hydrogens is 394 g/mol. The Morgan fingerprint density at radius 2 is 1.97 bits per heavy atom. The first-order valence-corrected chi connectivity index (χ1v) is 10.7. The molecule has 1 amide bonds. The number of ether oxygens (including phenoxy) is 1. The zero-order valence-electron chi connectivity index (χ0n) is 17.4. The lowest BCUT2D eigenvalue weighted by Gasteiger charge is -2.26.